The van der Waals surface area contributed by atoms with Crippen LogP contribution in [0, 0.1) is 0 Å². The van der Waals surface area contributed by atoms with E-state index in [-0.39, 0.29) is 6.10 Å². The van der Waals surface area contributed by atoms with Gasteiger partial charge in [0.2, 0.25) is 0 Å². The van der Waals surface area contributed by atoms with Crippen LogP contribution in [0.3, 0.4) is 0 Å². The third-order valence-corrected chi connectivity index (χ3v) is 5.11. The lowest BCUT2D eigenvalue weighted by Crippen LogP contribution is -2.33. The van der Waals surface area contributed by atoms with E-state index in [0.29, 0.717) is 24.6 Å². The van der Waals surface area contributed by atoms with Crippen LogP contribution in [0.4, 0.5) is 5.69 Å². The summed E-state index contributed by atoms with van der Waals surface area (Å²) < 4.78 is 40.2. The fourth-order valence-corrected chi connectivity index (χ4v) is 3.65. The summed E-state index contributed by atoms with van der Waals surface area (Å²) in [7, 11) is -3.63. The molecule has 1 unspecified atom stereocenters. The highest BCUT2D eigenvalue weighted by Gasteiger charge is 2.21. The van der Waals surface area contributed by atoms with Crippen molar-refractivity contribution < 1.29 is 17.9 Å². The van der Waals surface area contributed by atoms with Crippen LogP contribution in [0.5, 0.6) is 11.5 Å². The fourth-order valence-electron chi connectivity index (χ4n) is 2.81. The SMILES string of the molecule is O=S(=O)(/C=C/c1ccccc1)Nc1cnn(CC2COc3ccccc3O2)c1. The summed E-state index contributed by atoms with van der Waals surface area (Å²) in [4.78, 5) is 0. The number of sulfonamides is 1. The maximum absolute atomic E-state index is 12.2. The lowest BCUT2D eigenvalue weighted by atomic mass is 10.2. The van der Waals surface area contributed by atoms with Crippen LogP contribution in [0.2, 0.25) is 0 Å². The molecular formula is C20H19N3O4S. The molecule has 1 aliphatic rings. The largest absolute Gasteiger partial charge is 0.486 e. The molecule has 0 radical (unpaired) electrons. The molecule has 28 heavy (non-hydrogen) atoms. The lowest BCUT2D eigenvalue weighted by Gasteiger charge is -2.26. The molecule has 0 amide bonds. The third kappa shape index (κ3) is 4.52. The highest BCUT2D eigenvalue weighted by atomic mass is 32.2. The van der Waals surface area contributed by atoms with E-state index in [1.54, 1.807) is 10.9 Å². The number of rotatable bonds is 6. The second kappa shape index (κ2) is 7.77. The van der Waals surface area contributed by atoms with Gasteiger partial charge in [0.25, 0.3) is 10.0 Å². The predicted octanol–water partition coefficient (Wildman–Crippen LogP) is 3.14. The smallest absolute Gasteiger partial charge is 0.255 e. The number of benzene rings is 2. The molecule has 2 aromatic carbocycles. The van der Waals surface area contributed by atoms with E-state index in [1.807, 2.05) is 54.6 Å². The molecular weight excluding hydrogens is 378 g/mol. The van der Waals surface area contributed by atoms with Gasteiger partial charge in [-0.15, -0.1) is 0 Å². The van der Waals surface area contributed by atoms with Crippen LogP contribution in [-0.2, 0) is 16.6 Å². The zero-order chi connectivity index (χ0) is 19.4. The number of aromatic nitrogens is 2. The normalized spacial score (nSPS) is 16.2. The van der Waals surface area contributed by atoms with Crippen LogP contribution in [-0.4, -0.2) is 30.9 Å². The van der Waals surface area contributed by atoms with Crippen molar-refractivity contribution in [2.45, 2.75) is 12.6 Å². The Morgan fingerprint density at radius 1 is 1.11 bits per heavy atom. The van der Waals surface area contributed by atoms with E-state index in [9.17, 15) is 8.42 Å². The van der Waals surface area contributed by atoms with Crippen LogP contribution in [0.1, 0.15) is 5.56 Å². The van der Waals surface area contributed by atoms with Gasteiger partial charge in [0.1, 0.15) is 6.61 Å². The zero-order valence-corrected chi connectivity index (χ0v) is 15.7. The number of para-hydroxylation sites is 2. The highest BCUT2D eigenvalue weighted by Crippen LogP contribution is 2.31. The summed E-state index contributed by atoms with van der Waals surface area (Å²) in [6, 6.07) is 16.7. The van der Waals surface area contributed by atoms with E-state index in [4.69, 9.17) is 9.47 Å². The first-order valence-corrected chi connectivity index (χ1v) is 10.3. The number of anilines is 1. The highest BCUT2D eigenvalue weighted by molar-refractivity contribution is 7.95. The van der Waals surface area contributed by atoms with E-state index >= 15 is 0 Å². The Morgan fingerprint density at radius 3 is 2.68 bits per heavy atom. The summed E-state index contributed by atoms with van der Waals surface area (Å²) >= 11 is 0. The van der Waals surface area contributed by atoms with Crippen LogP contribution in [0.15, 0.2) is 72.4 Å². The topological polar surface area (TPSA) is 82.5 Å². The molecule has 7 nitrogen and oxygen atoms in total. The van der Waals surface area contributed by atoms with Crippen molar-refractivity contribution in [2.75, 3.05) is 11.3 Å². The molecule has 1 aliphatic heterocycles. The zero-order valence-electron chi connectivity index (χ0n) is 14.9. The molecule has 8 heteroatoms. The Bertz CT molecular complexity index is 1080. The number of hydrogen-bond acceptors (Lipinski definition) is 5. The Morgan fingerprint density at radius 2 is 1.86 bits per heavy atom. The van der Waals surface area contributed by atoms with Crippen LogP contribution < -0.4 is 14.2 Å². The molecule has 4 rings (SSSR count). The minimum absolute atomic E-state index is 0.211. The van der Waals surface area contributed by atoms with Crippen molar-refractivity contribution in [3.63, 3.8) is 0 Å². The second-order valence-electron chi connectivity index (χ2n) is 6.31. The Kier molecular flexibility index (Phi) is 5.03. The summed E-state index contributed by atoms with van der Waals surface area (Å²) in [5, 5.41) is 5.33. The maximum Gasteiger partial charge on any atom is 0.255 e. The molecule has 1 N–H and O–H groups in total. The van der Waals surface area contributed by atoms with E-state index in [0.717, 1.165) is 16.7 Å². The summed E-state index contributed by atoms with van der Waals surface area (Å²) in [5.74, 6) is 1.41. The average molecular weight is 397 g/mol. The van der Waals surface area contributed by atoms with Crippen LogP contribution >= 0.6 is 0 Å². The number of nitrogens with one attached hydrogen (secondary N) is 1. The summed E-state index contributed by atoms with van der Waals surface area (Å²) in [6.45, 7) is 0.841. The van der Waals surface area contributed by atoms with Crippen molar-refractivity contribution >= 4 is 21.8 Å². The van der Waals surface area contributed by atoms with Crippen molar-refractivity contribution in [1.82, 2.24) is 9.78 Å². The van der Waals surface area contributed by atoms with Gasteiger partial charge in [-0.2, -0.15) is 5.10 Å². The fraction of sp³-hybridized carbons (Fsp3) is 0.150. The number of hydrogen-bond donors (Lipinski definition) is 1. The monoisotopic (exact) mass is 397 g/mol. The summed E-state index contributed by atoms with van der Waals surface area (Å²) in [6.07, 6.45) is 4.41. The van der Waals surface area contributed by atoms with Gasteiger partial charge in [0.05, 0.1) is 23.8 Å². The molecule has 0 saturated carbocycles. The predicted molar refractivity (Wildman–Crippen MR) is 107 cm³/mol. The minimum atomic E-state index is -3.63. The first-order valence-electron chi connectivity index (χ1n) is 8.74. The molecule has 1 aromatic heterocycles. The third-order valence-electron chi connectivity index (χ3n) is 4.09. The molecule has 0 spiro atoms. The number of ether oxygens (including phenoxy) is 2. The molecule has 0 bridgehead atoms. The van der Waals surface area contributed by atoms with Crippen molar-refractivity contribution in [1.29, 1.82) is 0 Å². The number of fused-ring (bicyclic) bond motifs is 1. The molecule has 0 aliphatic carbocycles. The Balaban J connectivity index is 1.37. The first kappa shape index (κ1) is 18.1. The molecule has 2 heterocycles. The van der Waals surface area contributed by atoms with Gasteiger partial charge >= 0.3 is 0 Å². The van der Waals surface area contributed by atoms with Crippen molar-refractivity contribution in [3.8, 4) is 11.5 Å². The lowest BCUT2D eigenvalue weighted by molar-refractivity contribution is 0.0759. The summed E-state index contributed by atoms with van der Waals surface area (Å²) in [5.41, 5.74) is 1.19. The van der Waals surface area contributed by atoms with Crippen LogP contribution in [0.25, 0.3) is 6.08 Å². The quantitative estimate of drug-likeness (QED) is 0.691. The first-order chi connectivity index (χ1) is 13.6. The van der Waals surface area contributed by atoms with Gasteiger partial charge in [-0.1, -0.05) is 42.5 Å². The van der Waals surface area contributed by atoms with Gasteiger partial charge in [-0.25, -0.2) is 8.42 Å². The molecule has 1 atom stereocenters. The Hall–Kier alpha value is -3.26. The second-order valence-corrected chi connectivity index (χ2v) is 7.88. The maximum atomic E-state index is 12.2. The van der Waals surface area contributed by atoms with Crippen molar-refractivity contribution in [3.05, 3.63) is 78.0 Å². The Labute approximate surface area is 163 Å². The minimum Gasteiger partial charge on any atom is -0.486 e. The molecule has 3 aromatic rings. The van der Waals surface area contributed by atoms with E-state index in [2.05, 4.69) is 9.82 Å². The molecule has 0 fully saturated rings. The van der Waals surface area contributed by atoms with Gasteiger partial charge in [0, 0.05) is 6.20 Å². The van der Waals surface area contributed by atoms with E-state index < -0.39 is 10.0 Å². The molecule has 0 saturated heterocycles. The van der Waals surface area contributed by atoms with Gasteiger partial charge in [0.15, 0.2) is 17.6 Å². The van der Waals surface area contributed by atoms with Gasteiger partial charge in [-0.05, 0) is 23.8 Å². The van der Waals surface area contributed by atoms with Gasteiger partial charge in [-0.3, -0.25) is 9.40 Å². The van der Waals surface area contributed by atoms with Crippen molar-refractivity contribution in [2.24, 2.45) is 0 Å². The number of nitrogens with zero attached hydrogens (tertiary/aromatic N) is 2. The standard InChI is InChI=1S/C20H19N3O4S/c24-28(25,11-10-16-6-2-1-3-7-16)22-17-12-21-23(13-17)14-18-15-26-19-8-4-5-9-20(19)27-18/h1-13,18,22H,14-15H2/b11-10+. The van der Waals surface area contributed by atoms with E-state index in [1.165, 1.54) is 12.3 Å². The average Bonchev–Trinajstić information content (AvgIpc) is 3.13. The molecule has 144 valence electrons. The van der Waals surface area contributed by atoms with Gasteiger partial charge < -0.3 is 9.47 Å².